The molecule has 2 aromatic carbocycles. The summed E-state index contributed by atoms with van der Waals surface area (Å²) in [6.07, 6.45) is 0. The zero-order valence-electron chi connectivity index (χ0n) is 13.1. The van der Waals surface area contributed by atoms with E-state index in [1.165, 1.54) is 12.1 Å². The molecule has 7 nitrogen and oxygen atoms in total. The van der Waals surface area contributed by atoms with Crippen LogP contribution in [0.15, 0.2) is 48.5 Å². The number of hydroxylamine groups is 2. The Hall–Kier alpha value is -3.61. The summed E-state index contributed by atoms with van der Waals surface area (Å²) in [7, 11) is 1.55. The molecule has 2 amide bonds. The van der Waals surface area contributed by atoms with Gasteiger partial charge in [-0.1, -0.05) is 17.2 Å². The number of nitrogens with zero attached hydrogens (tertiary/aromatic N) is 1. The Morgan fingerprint density at radius 1 is 1.00 bits per heavy atom. The normalized spacial score (nSPS) is 13.2. The molecule has 1 aliphatic rings. The molecule has 0 fully saturated rings. The number of aromatic nitrogens is 1. The molecule has 0 saturated carbocycles. The van der Waals surface area contributed by atoms with E-state index in [4.69, 9.17) is 9.57 Å². The van der Waals surface area contributed by atoms with E-state index in [0.717, 1.165) is 5.39 Å². The maximum absolute atomic E-state index is 12.3. The molecular formula is C18H12N2O5. The van der Waals surface area contributed by atoms with Crippen molar-refractivity contribution in [2.75, 3.05) is 7.11 Å². The Bertz CT molecular complexity index is 1000. The molecule has 7 heteroatoms. The summed E-state index contributed by atoms with van der Waals surface area (Å²) < 4.78 is 5.14. The van der Waals surface area contributed by atoms with E-state index in [0.29, 0.717) is 16.3 Å². The zero-order valence-corrected chi connectivity index (χ0v) is 13.1. The van der Waals surface area contributed by atoms with E-state index in [-0.39, 0.29) is 16.8 Å². The predicted molar refractivity (Wildman–Crippen MR) is 87.2 cm³/mol. The molecule has 0 atom stereocenters. The van der Waals surface area contributed by atoms with Gasteiger partial charge in [-0.05, 0) is 36.4 Å². The van der Waals surface area contributed by atoms with Crippen LogP contribution < -0.4 is 4.74 Å². The van der Waals surface area contributed by atoms with Crippen LogP contribution in [0.4, 0.5) is 0 Å². The van der Waals surface area contributed by atoms with Gasteiger partial charge in [0.25, 0.3) is 11.8 Å². The number of rotatable bonds is 3. The number of carbonyl (C=O) groups is 3. The van der Waals surface area contributed by atoms with Crippen molar-refractivity contribution < 1.29 is 24.0 Å². The highest BCUT2D eigenvalue weighted by Crippen LogP contribution is 2.25. The molecule has 0 saturated heterocycles. The number of aromatic amines is 1. The Kier molecular flexibility index (Phi) is 3.28. The summed E-state index contributed by atoms with van der Waals surface area (Å²) in [5.74, 6) is -1.50. The topological polar surface area (TPSA) is 88.7 Å². The van der Waals surface area contributed by atoms with Gasteiger partial charge in [0.2, 0.25) is 0 Å². The number of hydrogen-bond donors (Lipinski definition) is 1. The van der Waals surface area contributed by atoms with Crippen molar-refractivity contribution in [1.82, 2.24) is 10.0 Å². The summed E-state index contributed by atoms with van der Waals surface area (Å²) in [5.41, 5.74) is 1.25. The fourth-order valence-electron chi connectivity index (χ4n) is 2.73. The number of benzene rings is 2. The number of carbonyl (C=O) groups excluding carboxylic acids is 3. The molecule has 4 rings (SSSR count). The lowest BCUT2D eigenvalue weighted by Crippen LogP contribution is -2.32. The lowest BCUT2D eigenvalue weighted by molar-refractivity contribution is -0.0587. The average molecular weight is 336 g/mol. The second kappa shape index (κ2) is 5.48. The minimum atomic E-state index is -0.829. The molecule has 0 aliphatic carbocycles. The molecule has 1 N–H and O–H groups in total. The van der Waals surface area contributed by atoms with Gasteiger partial charge in [0.1, 0.15) is 11.4 Å². The third kappa shape index (κ3) is 2.33. The number of amides is 2. The van der Waals surface area contributed by atoms with Gasteiger partial charge in [-0.15, -0.1) is 0 Å². The van der Waals surface area contributed by atoms with Crippen LogP contribution in [-0.4, -0.2) is 34.9 Å². The Morgan fingerprint density at radius 2 is 1.68 bits per heavy atom. The zero-order chi connectivity index (χ0) is 17.6. The van der Waals surface area contributed by atoms with Crippen molar-refractivity contribution in [2.45, 2.75) is 0 Å². The van der Waals surface area contributed by atoms with Crippen LogP contribution >= 0.6 is 0 Å². The van der Waals surface area contributed by atoms with Crippen molar-refractivity contribution >= 4 is 28.7 Å². The van der Waals surface area contributed by atoms with E-state index in [1.807, 2.05) is 0 Å². The highest BCUT2D eigenvalue weighted by atomic mass is 16.7. The van der Waals surface area contributed by atoms with E-state index in [9.17, 15) is 14.4 Å². The first-order chi connectivity index (χ1) is 12.1. The molecule has 0 unspecified atom stereocenters. The van der Waals surface area contributed by atoms with Crippen molar-refractivity contribution in [3.8, 4) is 5.75 Å². The molecular weight excluding hydrogens is 324 g/mol. The number of methoxy groups -OCH3 is 1. The van der Waals surface area contributed by atoms with Crippen LogP contribution in [0.3, 0.4) is 0 Å². The Labute approximate surface area is 141 Å². The van der Waals surface area contributed by atoms with Crippen LogP contribution in [0.25, 0.3) is 10.9 Å². The monoisotopic (exact) mass is 336 g/mol. The van der Waals surface area contributed by atoms with E-state index < -0.39 is 17.8 Å². The lowest BCUT2D eigenvalue weighted by Gasteiger charge is -2.11. The summed E-state index contributed by atoms with van der Waals surface area (Å²) in [6, 6.07) is 13.1. The molecule has 1 aliphatic heterocycles. The fraction of sp³-hybridized carbons (Fsp3) is 0.0556. The number of hydrogen-bond acceptors (Lipinski definition) is 5. The smallest absolute Gasteiger partial charge is 0.380 e. The standard InChI is InChI=1S/C18H12N2O5/c1-24-11-6-7-14-10(8-11)9-15(19-14)18(23)25-20-16(21)12-4-2-3-5-13(12)17(20)22/h2-9,19H,1H3. The van der Waals surface area contributed by atoms with Gasteiger partial charge in [0, 0.05) is 10.9 Å². The Morgan fingerprint density at radius 3 is 2.32 bits per heavy atom. The molecule has 0 radical (unpaired) electrons. The van der Waals surface area contributed by atoms with E-state index in [2.05, 4.69) is 4.98 Å². The average Bonchev–Trinajstić information content (AvgIpc) is 3.16. The van der Waals surface area contributed by atoms with Gasteiger partial charge >= 0.3 is 5.97 Å². The van der Waals surface area contributed by atoms with E-state index >= 15 is 0 Å². The van der Waals surface area contributed by atoms with Crippen molar-refractivity contribution in [2.24, 2.45) is 0 Å². The van der Waals surface area contributed by atoms with Crippen LogP contribution in [0.5, 0.6) is 5.75 Å². The first-order valence-electron chi connectivity index (χ1n) is 7.45. The minimum Gasteiger partial charge on any atom is -0.497 e. The third-order valence-electron chi connectivity index (χ3n) is 3.98. The Balaban J connectivity index is 1.61. The molecule has 2 heterocycles. The second-order valence-electron chi connectivity index (χ2n) is 5.47. The third-order valence-corrected chi connectivity index (χ3v) is 3.98. The molecule has 3 aromatic rings. The van der Waals surface area contributed by atoms with Crippen LogP contribution in [0.1, 0.15) is 31.2 Å². The van der Waals surface area contributed by atoms with E-state index in [1.54, 1.807) is 43.5 Å². The van der Waals surface area contributed by atoms with Crippen LogP contribution in [-0.2, 0) is 4.84 Å². The van der Waals surface area contributed by atoms with Gasteiger partial charge < -0.3 is 14.6 Å². The summed E-state index contributed by atoms with van der Waals surface area (Å²) in [6.45, 7) is 0. The molecule has 0 spiro atoms. The minimum absolute atomic E-state index is 0.125. The number of fused-ring (bicyclic) bond motifs is 2. The first kappa shape index (κ1) is 14.9. The number of ether oxygens (including phenoxy) is 1. The summed E-state index contributed by atoms with van der Waals surface area (Å²) >= 11 is 0. The fourth-order valence-corrected chi connectivity index (χ4v) is 2.73. The molecule has 0 bridgehead atoms. The number of nitrogens with one attached hydrogen (secondary N) is 1. The maximum Gasteiger partial charge on any atom is 0.380 e. The van der Waals surface area contributed by atoms with Crippen LogP contribution in [0, 0.1) is 0 Å². The molecule has 124 valence electrons. The molecule has 1 aromatic heterocycles. The largest absolute Gasteiger partial charge is 0.497 e. The SMILES string of the molecule is COc1ccc2[nH]c(C(=O)ON3C(=O)c4ccccc4C3=O)cc2c1. The first-order valence-corrected chi connectivity index (χ1v) is 7.45. The number of H-pyrrole nitrogens is 1. The van der Waals surface area contributed by atoms with Gasteiger partial charge in [0.05, 0.1) is 18.2 Å². The van der Waals surface area contributed by atoms with Gasteiger partial charge in [-0.2, -0.15) is 0 Å². The van der Waals surface area contributed by atoms with Crippen LogP contribution in [0.2, 0.25) is 0 Å². The van der Waals surface area contributed by atoms with Gasteiger partial charge in [0.15, 0.2) is 0 Å². The van der Waals surface area contributed by atoms with Gasteiger partial charge in [-0.3, -0.25) is 9.59 Å². The quantitative estimate of drug-likeness (QED) is 0.743. The highest BCUT2D eigenvalue weighted by Gasteiger charge is 2.38. The maximum atomic E-state index is 12.3. The predicted octanol–water partition coefficient (Wildman–Crippen LogP) is 2.54. The van der Waals surface area contributed by atoms with Crippen molar-refractivity contribution in [3.63, 3.8) is 0 Å². The number of imide groups is 1. The molecule has 25 heavy (non-hydrogen) atoms. The lowest BCUT2D eigenvalue weighted by atomic mass is 10.1. The summed E-state index contributed by atoms with van der Waals surface area (Å²) in [4.78, 5) is 44.7. The van der Waals surface area contributed by atoms with Gasteiger partial charge in [-0.25, -0.2) is 4.79 Å². The van der Waals surface area contributed by atoms with Crippen molar-refractivity contribution in [3.05, 3.63) is 65.4 Å². The second-order valence-corrected chi connectivity index (χ2v) is 5.47. The van der Waals surface area contributed by atoms with Crippen molar-refractivity contribution in [1.29, 1.82) is 0 Å². The highest BCUT2D eigenvalue weighted by molar-refractivity contribution is 6.21. The summed E-state index contributed by atoms with van der Waals surface area (Å²) in [5, 5.41) is 1.23.